The number of nitrogens with zero attached hydrogens (tertiary/aromatic N) is 1. The van der Waals surface area contributed by atoms with Crippen molar-refractivity contribution in [2.75, 3.05) is 24.8 Å². The third kappa shape index (κ3) is 2.80. The van der Waals surface area contributed by atoms with Gasteiger partial charge in [-0.3, -0.25) is 4.79 Å². The molecule has 1 aliphatic rings. The first kappa shape index (κ1) is 14.8. The highest BCUT2D eigenvalue weighted by Crippen LogP contribution is 2.31. The van der Waals surface area contributed by atoms with Crippen molar-refractivity contribution in [2.45, 2.75) is 25.0 Å². The maximum atomic E-state index is 12.4. The lowest BCUT2D eigenvalue weighted by Gasteiger charge is -2.31. The van der Waals surface area contributed by atoms with Crippen molar-refractivity contribution in [1.29, 1.82) is 0 Å². The Kier molecular flexibility index (Phi) is 4.04. The van der Waals surface area contributed by atoms with Crippen LogP contribution in [0, 0.1) is 0 Å². The molecule has 0 saturated heterocycles. The molecule has 1 heterocycles. The van der Waals surface area contributed by atoms with Gasteiger partial charge < -0.3 is 9.64 Å². The number of hydrogen-bond acceptors (Lipinski definition) is 4. The van der Waals surface area contributed by atoms with Crippen LogP contribution < -0.4 is 9.64 Å². The summed E-state index contributed by atoms with van der Waals surface area (Å²) >= 11 is 0. The van der Waals surface area contributed by atoms with Crippen LogP contribution in [-0.4, -0.2) is 39.5 Å². The summed E-state index contributed by atoms with van der Waals surface area (Å²) in [6, 6.07) is 5.51. The number of benzene rings is 1. The van der Waals surface area contributed by atoms with Crippen LogP contribution in [0.2, 0.25) is 0 Å². The van der Waals surface area contributed by atoms with Gasteiger partial charge in [-0.25, -0.2) is 8.42 Å². The lowest BCUT2D eigenvalue weighted by molar-refractivity contribution is -0.118. The molecule has 5 nitrogen and oxygen atoms in total. The predicted octanol–water partition coefficient (Wildman–Crippen LogP) is 1.41. The van der Waals surface area contributed by atoms with Crippen LogP contribution >= 0.6 is 0 Å². The summed E-state index contributed by atoms with van der Waals surface area (Å²) in [4.78, 5) is 14.0. The molecule has 1 aliphatic heterocycles. The number of amides is 1. The van der Waals surface area contributed by atoms with Gasteiger partial charge in [0.1, 0.15) is 11.0 Å². The maximum Gasteiger partial charge on any atom is 0.245 e. The molecule has 0 aliphatic carbocycles. The molecule has 0 N–H and O–H groups in total. The predicted molar refractivity (Wildman–Crippen MR) is 78.0 cm³/mol. The number of hydrogen-bond donors (Lipinski definition) is 0. The average Bonchev–Trinajstić information content (AvgIpc) is 2.43. The van der Waals surface area contributed by atoms with E-state index in [9.17, 15) is 13.2 Å². The molecular weight excluding hydrogens is 278 g/mol. The van der Waals surface area contributed by atoms with E-state index in [0.717, 1.165) is 36.1 Å². The van der Waals surface area contributed by atoms with Crippen molar-refractivity contribution in [3.05, 3.63) is 23.8 Å². The van der Waals surface area contributed by atoms with E-state index in [2.05, 4.69) is 0 Å². The standard InChI is InChI=1S/C14H19NO4S/c1-10(20(3,17)18)14(16)15-8-4-5-11-9-12(19-2)6-7-13(11)15/h6-7,9-10H,4-5,8H2,1-3H3. The van der Waals surface area contributed by atoms with Gasteiger partial charge in [-0.1, -0.05) is 0 Å². The minimum Gasteiger partial charge on any atom is -0.497 e. The Labute approximate surface area is 119 Å². The zero-order valence-corrected chi connectivity index (χ0v) is 12.7. The lowest BCUT2D eigenvalue weighted by atomic mass is 10.0. The van der Waals surface area contributed by atoms with Crippen LogP contribution in [0.1, 0.15) is 18.9 Å². The Hall–Kier alpha value is -1.56. The average molecular weight is 297 g/mol. The summed E-state index contributed by atoms with van der Waals surface area (Å²) in [5.41, 5.74) is 1.81. The topological polar surface area (TPSA) is 63.7 Å². The Morgan fingerprint density at radius 1 is 1.40 bits per heavy atom. The van der Waals surface area contributed by atoms with Gasteiger partial charge in [-0.15, -0.1) is 0 Å². The Morgan fingerprint density at radius 2 is 2.10 bits per heavy atom. The van der Waals surface area contributed by atoms with Gasteiger partial charge in [0.05, 0.1) is 7.11 Å². The lowest BCUT2D eigenvalue weighted by Crippen LogP contribution is -2.43. The second kappa shape index (κ2) is 5.44. The first-order valence-corrected chi connectivity index (χ1v) is 8.47. The number of carbonyl (C=O) groups excluding carboxylic acids is 1. The number of methoxy groups -OCH3 is 1. The molecule has 0 fully saturated rings. The van der Waals surface area contributed by atoms with Crippen LogP contribution in [0.4, 0.5) is 5.69 Å². The molecule has 1 amide bonds. The van der Waals surface area contributed by atoms with E-state index in [1.807, 2.05) is 12.1 Å². The van der Waals surface area contributed by atoms with Crippen LogP contribution in [-0.2, 0) is 21.1 Å². The van der Waals surface area contributed by atoms with E-state index in [-0.39, 0.29) is 5.91 Å². The van der Waals surface area contributed by atoms with Gasteiger partial charge in [0, 0.05) is 18.5 Å². The van der Waals surface area contributed by atoms with Crippen molar-refractivity contribution in [3.63, 3.8) is 0 Å². The van der Waals surface area contributed by atoms with Crippen LogP contribution in [0.3, 0.4) is 0 Å². The second-order valence-corrected chi connectivity index (χ2v) is 7.43. The zero-order valence-electron chi connectivity index (χ0n) is 11.9. The van der Waals surface area contributed by atoms with Crippen molar-refractivity contribution in [2.24, 2.45) is 0 Å². The monoisotopic (exact) mass is 297 g/mol. The third-order valence-corrected chi connectivity index (χ3v) is 5.15. The number of sulfone groups is 1. The molecule has 0 bridgehead atoms. The van der Waals surface area contributed by atoms with Crippen LogP contribution in [0.5, 0.6) is 5.75 Å². The maximum absolute atomic E-state index is 12.4. The summed E-state index contributed by atoms with van der Waals surface area (Å²) < 4.78 is 28.3. The molecule has 0 radical (unpaired) electrons. The van der Waals surface area contributed by atoms with Gasteiger partial charge in [0.15, 0.2) is 9.84 Å². The van der Waals surface area contributed by atoms with E-state index in [0.29, 0.717) is 6.54 Å². The molecule has 6 heteroatoms. The molecule has 1 aromatic rings. The molecule has 20 heavy (non-hydrogen) atoms. The quantitative estimate of drug-likeness (QED) is 0.846. The number of ether oxygens (including phenoxy) is 1. The molecule has 2 rings (SSSR count). The minimum absolute atomic E-state index is 0.362. The second-order valence-electron chi connectivity index (χ2n) is 5.06. The van der Waals surface area contributed by atoms with Gasteiger partial charge in [-0.2, -0.15) is 0 Å². The van der Waals surface area contributed by atoms with Crippen molar-refractivity contribution >= 4 is 21.4 Å². The number of aryl methyl sites for hydroxylation is 1. The fourth-order valence-corrected chi connectivity index (χ4v) is 2.83. The number of anilines is 1. The molecule has 110 valence electrons. The van der Waals surface area contributed by atoms with E-state index in [1.54, 1.807) is 18.1 Å². The van der Waals surface area contributed by atoms with Crippen molar-refractivity contribution < 1.29 is 17.9 Å². The Morgan fingerprint density at radius 3 is 2.70 bits per heavy atom. The fraction of sp³-hybridized carbons (Fsp3) is 0.500. The van der Waals surface area contributed by atoms with Crippen molar-refractivity contribution in [3.8, 4) is 5.75 Å². The van der Waals surface area contributed by atoms with E-state index < -0.39 is 15.1 Å². The van der Waals surface area contributed by atoms with Crippen molar-refractivity contribution in [1.82, 2.24) is 0 Å². The van der Waals surface area contributed by atoms with E-state index in [1.165, 1.54) is 6.92 Å². The van der Waals surface area contributed by atoms with Gasteiger partial charge in [0.2, 0.25) is 5.91 Å². The zero-order chi connectivity index (χ0) is 14.9. The summed E-state index contributed by atoms with van der Waals surface area (Å²) in [6.45, 7) is 1.99. The highest BCUT2D eigenvalue weighted by atomic mass is 32.2. The van der Waals surface area contributed by atoms with Gasteiger partial charge >= 0.3 is 0 Å². The van der Waals surface area contributed by atoms with E-state index in [4.69, 9.17) is 4.74 Å². The molecule has 1 atom stereocenters. The van der Waals surface area contributed by atoms with Crippen LogP contribution in [0.15, 0.2) is 18.2 Å². The highest BCUT2D eigenvalue weighted by Gasteiger charge is 2.31. The number of fused-ring (bicyclic) bond motifs is 1. The highest BCUT2D eigenvalue weighted by molar-refractivity contribution is 7.92. The third-order valence-electron chi connectivity index (χ3n) is 3.66. The van der Waals surface area contributed by atoms with E-state index >= 15 is 0 Å². The summed E-state index contributed by atoms with van der Waals surface area (Å²) in [5, 5.41) is -1.02. The molecule has 0 saturated carbocycles. The minimum atomic E-state index is -3.38. The summed E-state index contributed by atoms with van der Waals surface area (Å²) in [6.07, 6.45) is 2.78. The molecular formula is C14H19NO4S. The normalized spacial score (nSPS) is 16.4. The SMILES string of the molecule is COc1ccc2c(c1)CCCN2C(=O)C(C)S(C)(=O)=O. The molecule has 0 aromatic heterocycles. The first-order chi connectivity index (χ1) is 9.34. The summed E-state index contributed by atoms with van der Waals surface area (Å²) in [5.74, 6) is 0.382. The molecule has 1 unspecified atom stereocenters. The first-order valence-electron chi connectivity index (χ1n) is 6.51. The number of carbonyl (C=O) groups is 1. The van der Waals surface area contributed by atoms with Gasteiger partial charge in [-0.05, 0) is 43.5 Å². The number of rotatable bonds is 3. The molecule has 1 aromatic carbocycles. The Bertz CT molecular complexity index is 624. The molecule has 0 spiro atoms. The largest absolute Gasteiger partial charge is 0.497 e. The smallest absolute Gasteiger partial charge is 0.245 e. The summed E-state index contributed by atoms with van der Waals surface area (Å²) in [7, 11) is -1.79. The Balaban J connectivity index is 2.36. The fourth-order valence-electron chi connectivity index (χ4n) is 2.33. The van der Waals surface area contributed by atoms with Gasteiger partial charge in [0.25, 0.3) is 0 Å². The van der Waals surface area contributed by atoms with Crippen LogP contribution in [0.25, 0.3) is 0 Å².